The zero-order chi connectivity index (χ0) is 28.5. The molecular weight excluding hydrogens is 497 g/mol. The molecule has 10 heteroatoms. The molecule has 2 aromatic rings. The number of alkyl carbamates (subject to hydrolysis) is 1. The van der Waals surface area contributed by atoms with Crippen LogP contribution in [0.25, 0.3) is 0 Å². The van der Waals surface area contributed by atoms with Gasteiger partial charge in [0.1, 0.15) is 12.6 Å². The van der Waals surface area contributed by atoms with Crippen LogP contribution in [0.3, 0.4) is 0 Å². The molecule has 0 spiro atoms. The molecule has 1 heterocycles. The molecule has 0 aliphatic carbocycles. The van der Waals surface area contributed by atoms with Gasteiger partial charge in [-0.1, -0.05) is 61.0 Å². The van der Waals surface area contributed by atoms with Crippen LogP contribution in [0, 0.1) is 0 Å². The molecule has 1 aliphatic heterocycles. The van der Waals surface area contributed by atoms with E-state index in [-0.39, 0.29) is 18.9 Å². The summed E-state index contributed by atoms with van der Waals surface area (Å²) in [5, 5.41) is 5.45. The average Bonchev–Trinajstić information content (AvgIpc) is 3.11. The lowest BCUT2D eigenvalue weighted by atomic mass is 9.78. The highest BCUT2D eigenvalue weighted by atomic mass is 16.7. The Morgan fingerprint density at radius 3 is 2.15 bits per heavy atom. The number of rotatable bonds is 13. The van der Waals surface area contributed by atoms with E-state index in [0.717, 1.165) is 23.0 Å². The van der Waals surface area contributed by atoms with Gasteiger partial charge in [0.05, 0.1) is 11.2 Å². The van der Waals surface area contributed by atoms with Crippen molar-refractivity contribution in [1.82, 2.24) is 10.6 Å². The molecule has 1 aliphatic rings. The number of nitrogens with one attached hydrogen (secondary N) is 2. The smallest absolute Gasteiger partial charge is 0.445 e. The van der Waals surface area contributed by atoms with E-state index in [1.165, 1.54) is 0 Å². The van der Waals surface area contributed by atoms with E-state index in [9.17, 15) is 14.4 Å². The Balaban J connectivity index is 1.34. The minimum absolute atomic E-state index is 0.220. The highest BCUT2D eigenvalue weighted by Crippen LogP contribution is 2.36. The molecule has 210 valence electrons. The summed E-state index contributed by atoms with van der Waals surface area (Å²) >= 11 is 0. The van der Waals surface area contributed by atoms with Crippen LogP contribution in [0.5, 0.6) is 0 Å². The van der Waals surface area contributed by atoms with Crippen molar-refractivity contribution in [2.24, 2.45) is 5.73 Å². The SMILES string of the molecule is CC1(C)OB(c2ccc(C[C@@H](NC(=O)CCCCCNC(=O)OCc3ccccc3)C(N)=O)cc2)OC1(C)C. The largest absolute Gasteiger partial charge is 0.494 e. The van der Waals surface area contributed by atoms with Crippen LogP contribution < -0.4 is 21.8 Å². The lowest BCUT2D eigenvalue weighted by Crippen LogP contribution is -2.45. The summed E-state index contributed by atoms with van der Waals surface area (Å²) < 4.78 is 17.3. The molecule has 0 bridgehead atoms. The maximum Gasteiger partial charge on any atom is 0.494 e. The second kappa shape index (κ2) is 13.6. The molecule has 4 N–H and O–H groups in total. The van der Waals surface area contributed by atoms with E-state index in [4.69, 9.17) is 19.8 Å². The Kier molecular flexibility index (Phi) is 10.5. The van der Waals surface area contributed by atoms with Crippen LogP contribution >= 0.6 is 0 Å². The number of nitrogens with two attached hydrogens (primary N) is 1. The second-order valence-corrected chi connectivity index (χ2v) is 10.9. The summed E-state index contributed by atoms with van der Waals surface area (Å²) in [6.07, 6.45) is 2.17. The zero-order valence-electron chi connectivity index (χ0n) is 23.3. The number of benzene rings is 2. The highest BCUT2D eigenvalue weighted by molar-refractivity contribution is 6.62. The summed E-state index contributed by atoms with van der Waals surface area (Å²) in [5.41, 5.74) is 7.38. The Bertz CT molecular complexity index is 1090. The number of ether oxygens (including phenoxy) is 1. The molecule has 1 atom stereocenters. The van der Waals surface area contributed by atoms with Crippen molar-refractivity contribution in [2.75, 3.05) is 6.54 Å². The first-order valence-corrected chi connectivity index (χ1v) is 13.4. The number of hydrogen-bond donors (Lipinski definition) is 3. The van der Waals surface area contributed by atoms with E-state index in [1.54, 1.807) is 0 Å². The summed E-state index contributed by atoms with van der Waals surface area (Å²) in [6.45, 7) is 8.69. The van der Waals surface area contributed by atoms with Crippen LogP contribution in [0.4, 0.5) is 4.79 Å². The van der Waals surface area contributed by atoms with Gasteiger partial charge in [-0.3, -0.25) is 9.59 Å². The molecule has 2 aromatic carbocycles. The van der Waals surface area contributed by atoms with Crippen LogP contribution in [-0.2, 0) is 36.7 Å². The molecule has 3 amide bonds. The predicted molar refractivity (Wildman–Crippen MR) is 150 cm³/mol. The van der Waals surface area contributed by atoms with Gasteiger partial charge in [0, 0.05) is 19.4 Å². The molecule has 0 radical (unpaired) electrons. The second-order valence-electron chi connectivity index (χ2n) is 10.9. The van der Waals surface area contributed by atoms with Gasteiger partial charge in [-0.15, -0.1) is 0 Å². The summed E-state index contributed by atoms with van der Waals surface area (Å²) in [7, 11) is -0.467. The van der Waals surface area contributed by atoms with E-state index in [2.05, 4.69) is 10.6 Å². The number of unbranched alkanes of at least 4 members (excludes halogenated alkanes) is 2. The number of hydrogen-bond acceptors (Lipinski definition) is 6. The van der Waals surface area contributed by atoms with Crippen molar-refractivity contribution in [2.45, 2.75) is 83.6 Å². The molecule has 0 aromatic heterocycles. The molecule has 1 fully saturated rings. The van der Waals surface area contributed by atoms with Gasteiger partial charge in [-0.25, -0.2) is 4.79 Å². The maximum absolute atomic E-state index is 12.4. The number of primary amides is 1. The Morgan fingerprint density at radius 2 is 1.54 bits per heavy atom. The first-order chi connectivity index (χ1) is 18.5. The van der Waals surface area contributed by atoms with E-state index < -0.39 is 36.4 Å². The van der Waals surface area contributed by atoms with Gasteiger partial charge >= 0.3 is 13.2 Å². The van der Waals surface area contributed by atoms with Gasteiger partial charge in [-0.05, 0) is 57.1 Å². The molecule has 3 rings (SSSR count). The minimum atomic E-state index is -0.804. The van der Waals surface area contributed by atoms with Crippen LogP contribution in [0.1, 0.15) is 64.5 Å². The van der Waals surface area contributed by atoms with Gasteiger partial charge < -0.3 is 30.4 Å². The number of amides is 3. The monoisotopic (exact) mass is 537 g/mol. The van der Waals surface area contributed by atoms with E-state index in [0.29, 0.717) is 25.8 Å². The summed E-state index contributed by atoms with van der Waals surface area (Å²) in [5.74, 6) is -0.820. The van der Waals surface area contributed by atoms with Crippen molar-refractivity contribution >= 4 is 30.5 Å². The van der Waals surface area contributed by atoms with Gasteiger partial charge in [-0.2, -0.15) is 0 Å². The lowest BCUT2D eigenvalue weighted by molar-refractivity contribution is -0.127. The average molecular weight is 537 g/mol. The van der Waals surface area contributed by atoms with E-state index >= 15 is 0 Å². The van der Waals surface area contributed by atoms with Crippen LogP contribution in [-0.4, -0.2) is 48.8 Å². The van der Waals surface area contributed by atoms with Gasteiger partial charge in [0.25, 0.3) is 0 Å². The number of carbonyl (C=O) groups excluding carboxylic acids is 3. The number of carbonyl (C=O) groups is 3. The topological polar surface area (TPSA) is 129 Å². The maximum atomic E-state index is 12.4. The molecule has 0 unspecified atom stereocenters. The first kappa shape index (κ1) is 30.2. The standard InChI is InChI=1S/C29H40BN3O6/c1-28(2)29(3,4)39-30(38-28)23-16-14-21(15-17-23)19-24(26(31)35)33-25(34)13-9-6-10-18-32-27(36)37-20-22-11-7-5-8-12-22/h5,7-8,11-12,14-17,24H,6,9-10,13,18-20H2,1-4H3,(H2,31,35)(H,32,36)(H,33,34)/t24-/m1/s1. The van der Waals surface area contributed by atoms with Crippen LogP contribution in [0.2, 0.25) is 0 Å². The molecule has 0 saturated carbocycles. The fourth-order valence-corrected chi connectivity index (χ4v) is 4.07. The van der Waals surface area contributed by atoms with Crippen molar-refractivity contribution < 1.29 is 28.4 Å². The first-order valence-electron chi connectivity index (χ1n) is 13.4. The van der Waals surface area contributed by atoms with Crippen molar-refractivity contribution in [3.05, 3.63) is 65.7 Å². The fraction of sp³-hybridized carbons (Fsp3) is 0.483. The van der Waals surface area contributed by atoms with Crippen LogP contribution in [0.15, 0.2) is 54.6 Å². The fourth-order valence-electron chi connectivity index (χ4n) is 4.07. The predicted octanol–water partition coefficient (Wildman–Crippen LogP) is 2.99. The third-order valence-corrected chi connectivity index (χ3v) is 7.19. The van der Waals surface area contributed by atoms with E-state index in [1.807, 2.05) is 82.3 Å². The van der Waals surface area contributed by atoms with Crippen molar-refractivity contribution in [1.29, 1.82) is 0 Å². The van der Waals surface area contributed by atoms with Gasteiger partial charge in [0.2, 0.25) is 11.8 Å². The molecule has 1 saturated heterocycles. The van der Waals surface area contributed by atoms with Crippen molar-refractivity contribution in [3.8, 4) is 0 Å². The third kappa shape index (κ3) is 9.11. The lowest BCUT2D eigenvalue weighted by Gasteiger charge is -2.32. The minimum Gasteiger partial charge on any atom is -0.445 e. The quantitative estimate of drug-likeness (QED) is 0.266. The molecule has 9 nitrogen and oxygen atoms in total. The molecule has 39 heavy (non-hydrogen) atoms. The van der Waals surface area contributed by atoms with Crippen molar-refractivity contribution in [3.63, 3.8) is 0 Å². The summed E-state index contributed by atoms with van der Waals surface area (Å²) in [4.78, 5) is 36.2. The Labute approximate surface area is 231 Å². The highest BCUT2D eigenvalue weighted by Gasteiger charge is 2.51. The normalized spacial score (nSPS) is 16.4. The molecular formula is C29H40BN3O6. The Morgan fingerprint density at radius 1 is 0.897 bits per heavy atom. The zero-order valence-corrected chi connectivity index (χ0v) is 23.3. The Hall–Kier alpha value is -3.37. The third-order valence-electron chi connectivity index (χ3n) is 7.19. The van der Waals surface area contributed by atoms with Gasteiger partial charge in [0.15, 0.2) is 0 Å². The summed E-state index contributed by atoms with van der Waals surface area (Å²) in [6, 6.07) is 16.2.